The predicted octanol–water partition coefficient (Wildman–Crippen LogP) is 1.99. The SMILES string of the molecule is CCC[Si](OC)(OC)OCNC(C)(C)C. The van der Waals surface area contributed by atoms with Crippen LogP contribution in [-0.2, 0) is 13.3 Å². The van der Waals surface area contributed by atoms with Crippen molar-refractivity contribution in [2.75, 3.05) is 21.0 Å². The lowest BCUT2D eigenvalue weighted by Gasteiger charge is -2.28. The molecule has 0 rings (SSSR count). The summed E-state index contributed by atoms with van der Waals surface area (Å²) in [6, 6.07) is 0.853. The second-order valence-electron chi connectivity index (χ2n) is 4.56. The van der Waals surface area contributed by atoms with Gasteiger partial charge in [-0.1, -0.05) is 13.3 Å². The Kier molecular flexibility index (Phi) is 6.62. The molecule has 0 aliphatic carbocycles. The first kappa shape index (κ1) is 15.1. The first-order valence-corrected chi connectivity index (χ1v) is 7.31. The summed E-state index contributed by atoms with van der Waals surface area (Å²) in [5.41, 5.74) is 0.0494. The van der Waals surface area contributed by atoms with Gasteiger partial charge in [-0.2, -0.15) is 0 Å². The maximum absolute atomic E-state index is 5.73. The number of rotatable bonds is 7. The summed E-state index contributed by atoms with van der Waals surface area (Å²) >= 11 is 0. The highest BCUT2D eigenvalue weighted by molar-refractivity contribution is 6.60. The second kappa shape index (κ2) is 6.60. The highest BCUT2D eigenvalue weighted by Gasteiger charge is 2.37. The summed E-state index contributed by atoms with van der Waals surface area (Å²) in [5.74, 6) is 0. The average molecular weight is 235 g/mol. The van der Waals surface area contributed by atoms with Gasteiger partial charge in [0.25, 0.3) is 0 Å². The minimum absolute atomic E-state index is 0.0494. The Bertz CT molecular complexity index is 167. The Morgan fingerprint density at radius 3 is 2.00 bits per heavy atom. The van der Waals surface area contributed by atoms with Crippen LogP contribution in [0.2, 0.25) is 6.04 Å². The molecule has 0 saturated carbocycles. The molecule has 0 radical (unpaired) electrons. The normalized spacial score (nSPS) is 13.2. The van der Waals surface area contributed by atoms with E-state index in [4.69, 9.17) is 13.3 Å². The van der Waals surface area contributed by atoms with E-state index in [1.165, 1.54) is 0 Å². The summed E-state index contributed by atoms with van der Waals surface area (Å²) in [4.78, 5) is 0. The molecule has 92 valence electrons. The fourth-order valence-corrected chi connectivity index (χ4v) is 3.01. The van der Waals surface area contributed by atoms with Crippen LogP contribution < -0.4 is 5.32 Å². The van der Waals surface area contributed by atoms with Gasteiger partial charge in [0.2, 0.25) is 0 Å². The average Bonchev–Trinajstić information content (AvgIpc) is 2.14. The molecule has 0 spiro atoms. The van der Waals surface area contributed by atoms with Gasteiger partial charge in [-0.05, 0) is 20.8 Å². The summed E-state index contributed by atoms with van der Waals surface area (Å²) < 4.78 is 16.5. The lowest BCUT2D eigenvalue weighted by Crippen LogP contribution is -2.48. The summed E-state index contributed by atoms with van der Waals surface area (Å²) in [7, 11) is 0.905. The van der Waals surface area contributed by atoms with Crippen LogP contribution in [0.3, 0.4) is 0 Å². The molecule has 0 heterocycles. The standard InChI is InChI=1S/C10H25NO3Si/c1-7-8-15(12-5,13-6)14-9-11-10(2,3)4/h11H,7-9H2,1-6H3. The third-order valence-corrected chi connectivity index (χ3v) is 5.01. The third-order valence-electron chi connectivity index (χ3n) is 2.07. The van der Waals surface area contributed by atoms with E-state index in [0.717, 1.165) is 12.5 Å². The van der Waals surface area contributed by atoms with Gasteiger partial charge in [0.15, 0.2) is 0 Å². The maximum Gasteiger partial charge on any atom is 0.501 e. The fourth-order valence-electron chi connectivity index (χ4n) is 1.15. The van der Waals surface area contributed by atoms with Crippen molar-refractivity contribution in [1.82, 2.24) is 5.32 Å². The summed E-state index contributed by atoms with van der Waals surface area (Å²) in [6.07, 6.45) is 1.00. The second-order valence-corrected chi connectivity index (χ2v) is 7.53. The van der Waals surface area contributed by atoms with E-state index >= 15 is 0 Å². The molecule has 5 heteroatoms. The zero-order valence-corrected chi connectivity index (χ0v) is 11.8. The van der Waals surface area contributed by atoms with E-state index in [2.05, 4.69) is 33.0 Å². The van der Waals surface area contributed by atoms with Crippen LogP contribution in [0.15, 0.2) is 0 Å². The van der Waals surface area contributed by atoms with Crippen LogP contribution in [0.1, 0.15) is 34.1 Å². The first-order chi connectivity index (χ1) is 6.89. The molecular formula is C10H25NO3Si. The predicted molar refractivity (Wildman–Crippen MR) is 63.7 cm³/mol. The van der Waals surface area contributed by atoms with Crippen LogP contribution in [0.25, 0.3) is 0 Å². The van der Waals surface area contributed by atoms with Gasteiger partial charge < -0.3 is 13.3 Å². The van der Waals surface area contributed by atoms with E-state index < -0.39 is 8.80 Å². The van der Waals surface area contributed by atoms with Gasteiger partial charge in [-0.3, -0.25) is 5.32 Å². The van der Waals surface area contributed by atoms with Gasteiger partial charge in [-0.15, -0.1) is 0 Å². The molecule has 0 amide bonds. The van der Waals surface area contributed by atoms with Crippen LogP contribution >= 0.6 is 0 Å². The summed E-state index contributed by atoms with van der Waals surface area (Å²) in [6.45, 7) is 8.86. The maximum atomic E-state index is 5.73. The molecule has 0 bridgehead atoms. The molecule has 0 unspecified atom stereocenters. The molecule has 0 aliphatic heterocycles. The lowest BCUT2D eigenvalue weighted by molar-refractivity contribution is 0.0815. The van der Waals surface area contributed by atoms with Crippen LogP contribution in [0.4, 0.5) is 0 Å². The largest absolute Gasteiger partial charge is 0.501 e. The molecule has 0 saturated heterocycles. The van der Waals surface area contributed by atoms with Gasteiger partial charge in [-0.25, -0.2) is 0 Å². The molecule has 0 fully saturated rings. The minimum Gasteiger partial charge on any atom is -0.377 e. The molecule has 0 aliphatic rings. The topological polar surface area (TPSA) is 39.7 Å². The monoisotopic (exact) mass is 235 g/mol. The molecular weight excluding hydrogens is 210 g/mol. The van der Waals surface area contributed by atoms with Gasteiger partial charge >= 0.3 is 8.80 Å². The van der Waals surface area contributed by atoms with Crippen molar-refractivity contribution in [2.24, 2.45) is 0 Å². The van der Waals surface area contributed by atoms with E-state index in [1.54, 1.807) is 14.2 Å². The van der Waals surface area contributed by atoms with Crippen molar-refractivity contribution >= 4 is 8.80 Å². The van der Waals surface area contributed by atoms with E-state index in [1.807, 2.05) is 0 Å². The van der Waals surface area contributed by atoms with Gasteiger partial charge in [0.05, 0.1) is 6.73 Å². The molecule has 1 N–H and O–H groups in total. The van der Waals surface area contributed by atoms with Gasteiger partial charge in [0.1, 0.15) is 0 Å². The van der Waals surface area contributed by atoms with Crippen molar-refractivity contribution < 1.29 is 13.3 Å². The zero-order valence-electron chi connectivity index (χ0n) is 10.8. The number of nitrogens with one attached hydrogen (secondary N) is 1. The highest BCUT2D eigenvalue weighted by atomic mass is 28.4. The van der Waals surface area contributed by atoms with Crippen molar-refractivity contribution in [1.29, 1.82) is 0 Å². The molecule has 4 nitrogen and oxygen atoms in total. The van der Waals surface area contributed by atoms with Crippen molar-refractivity contribution in [2.45, 2.75) is 45.7 Å². The number of hydrogen-bond acceptors (Lipinski definition) is 4. The highest BCUT2D eigenvalue weighted by Crippen LogP contribution is 2.15. The molecule has 0 aromatic carbocycles. The van der Waals surface area contributed by atoms with Crippen LogP contribution in [-0.4, -0.2) is 35.3 Å². The van der Waals surface area contributed by atoms with Crippen molar-refractivity contribution in [3.05, 3.63) is 0 Å². The van der Waals surface area contributed by atoms with Crippen molar-refractivity contribution in [3.8, 4) is 0 Å². The third kappa shape index (κ3) is 6.27. The smallest absolute Gasteiger partial charge is 0.377 e. The summed E-state index contributed by atoms with van der Waals surface area (Å²) in [5, 5.41) is 3.26. The molecule has 0 atom stereocenters. The Labute approximate surface area is 94.7 Å². The van der Waals surface area contributed by atoms with Crippen molar-refractivity contribution in [3.63, 3.8) is 0 Å². The van der Waals surface area contributed by atoms with Crippen LogP contribution in [0.5, 0.6) is 0 Å². The molecule has 0 aromatic rings. The van der Waals surface area contributed by atoms with E-state index in [0.29, 0.717) is 6.73 Å². The lowest BCUT2D eigenvalue weighted by atomic mass is 10.1. The number of hydrogen-bond donors (Lipinski definition) is 1. The van der Waals surface area contributed by atoms with E-state index in [9.17, 15) is 0 Å². The first-order valence-electron chi connectivity index (χ1n) is 5.38. The Morgan fingerprint density at radius 2 is 1.67 bits per heavy atom. The fraction of sp³-hybridized carbons (Fsp3) is 1.00. The Morgan fingerprint density at radius 1 is 1.13 bits per heavy atom. The Hall–Kier alpha value is 0.0569. The van der Waals surface area contributed by atoms with E-state index in [-0.39, 0.29) is 5.54 Å². The zero-order chi connectivity index (χ0) is 11.9. The molecule has 15 heavy (non-hydrogen) atoms. The quantitative estimate of drug-likeness (QED) is 0.541. The molecule has 0 aromatic heterocycles. The Balaban J connectivity index is 4.06. The van der Waals surface area contributed by atoms with Crippen LogP contribution in [0, 0.1) is 0 Å². The minimum atomic E-state index is -2.41. The van der Waals surface area contributed by atoms with Gasteiger partial charge in [0, 0.05) is 25.8 Å².